The molecular weight excluding hydrogens is 224 g/mol. The molecule has 2 fully saturated rings. The molecule has 0 N–H and O–H groups in total. The molecule has 0 nitrogen and oxygen atoms in total. The molecule has 0 aromatic heterocycles. The zero-order valence-corrected chi connectivity index (χ0v) is 9.80. The van der Waals surface area contributed by atoms with E-state index in [1.165, 1.54) is 32.1 Å². The average Bonchev–Trinajstić information content (AvgIpc) is 2.73. The topological polar surface area (TPSA) is 0 Å². The number of fused-ring (bicyclic) bond motifs is 2. The van der Waals surface area contributed by atoms with Crippen LogP contribution in [0.15, 0.2) is 12.2 Å². The third-order valence-corrected chi connectivity index (χ3v) is 4.22. The van der Waals surface area contributed by atoms with Crippen LogP contribution < -0.4 is 0 Å². The summed E-state index contributed by atoms with van der Waals surface area (Å²) in [6.07, 6.45) is 13.4. The molecule has 0 radical (unpaired) electrons. The Labute approximate surface area is 89.9 Å². The van der Waals surface area contributed by atoms with Gasteiger partial charge < -0.3 is 0 Å². The van der Waals surface area contributed by atoms with Crippen molar-refractivity contribution >= 4 is 15.9 Å². The Kier molecular flexibility index (Phi) is 3.48. The normalized spacial score (nSPS) is 37.8. The van der Waals surface area contributed by atoms with Gasteiger partial charge in [-0.15, -0.1) is 0 Å². The minimum Gasteiger partial charge on any atom is -0.0925 e. The predicted molar refractivity (Wildman–Crippen MR) is 61.1 cm³/mol. The Morgan fingerprint density at radius 1 is 1.15 bits per heavy atom. The van der Waals surface area contributed by atoms with Crippen molar-refractivity contribution < 1.29 is 0 Å². The molecule has 0 aliphatic heterocycles. The second kappa shape index (κ2) is 4.63. The summed E-state index contributed by atoms with van der Waals surface area (Å²) in [5.74, 6) is 3.25. The standard InChI is InChI=1S/C12H19Br/c13-7-3-1-2-4-11-8-10-5-6-12(11)9-10/h1-2,10-12H,3-9H2. The molecule has 3 unspecified atom stereocenters. The third kappa shape index (κ3) is 2.37. The van der Waals surface area contributed by atoms with E-state index in [9.17, 15) is 0 Å². The minimum atomic E-state index is 1.05. The van der Waals surface area contributed by atoms with E-state index in [4.69, 9.17) is 0 Å². The zero-order valence-electron chi connectivity index (χ0n) is 8.21. The fourth-order valence-electron chi connectivity index (χ4n) is 3.12. The first-order chi connectivity index (χ1) is 6.40. The van der Waals surface area contributed by atoms with Gasteiger partial charge in [0.15, 0.2) is 0 Å². The maximum Gasteiger partial charge on any atom is 0.00659 e. The predicted octanol–water partition coefficient (Wildman–Crippen LogP) is 4.15. The molecule has 0 heterocycles. The van der Waals surface area contributed by atoms with E-state index in [0.717, 1.165) is 23.1 Å². The highest BCUT2D eigenvalue weighted by molar-refractivity contribution is 9.09. The number of hydrogen-bond acceptors (Lipinski definition) is 0. The number of rotatable bonds is 4. The fraction of sp³-hybridized carbons (Fsp3) is 0.833. The highest BCUT2D eigenvalue weighted by atomic mass is 79.9. The monoisotopic (exact) mass is 242 g/mol. The van der Waals surface area contributed by atoms with Crippen molar-refractivity contribution in [2.45, 2.75) is 38.5 Å². The van der Waals surface area contributed by atoms with Crippen LogP contribution in [-0.2, 0) is 0 Å². The number of halogens is 1. The highest BCUT2D eigenvalue weighted by Gasteiger charge is 2.38. The van der Waals surface area contributed by atoms with E-state index >= 15 is 0 Å². The molecule has 0 spiro atoms. The number of alkyl halides is 1. The van der Waals surface area contributed by atoms with E-state index in [1.54, 1.807) is 6.42 Å². The van der Waals surface area contributed by atoms with Gasteiger partial charge in [0.2, 0.25) is 0 Å². The van der Waals surface area contributed by atoms with E-state index in [0.29, 0.717) is 0 Å². The van der Waals surface area contributed by atoms with Crippen LogP contribution in [0.4, 0.5) is 0 Å². The summed E-state index contributed by atoms with van der Waals surface area (Å²) in [6, 6.07) is 0. The molecule has 0 amide bonds. The van der Waals surface area contributed by atoms with Gasteiger partial charge in [-0.1, -0.05) is 34.5 Å². The molecule has 0 saturated heterocycles. The molecule has 2 aliphatic rings. The van der Waals surface area contributed by atoms with Crippen LogP contribution >= 0.6 is 15.9 Å². The maximum absolute atomic E-state index is 3.44. The van der Waals surface area contributed by atoms with Crippen LogP contribution in [0.3, 0.4) is 0 Å². The SMILES string of the molecule is BrCCC=CCC1CC2CCC1C2. The van der Waals surface area contributed by atoms with Gasteiger partial charge in [0.05, 0.1) is 0 Å². The van der Waals surface area contributed by atoms with E-state index < -0.39 is 0 Å². The molecule has 74 valence electrons. The van der Waals surface area contributed by atoms with Crippen LogP contribution in [0, 0.1) is 17.8 Å². The van der Waals surface area contributed by atoms with Crippen LogP contribution in [0.5, 0.6) is 0 Å². The molecule has 13 heavy (non-hydrogen) atoms. The lowest BCUT2D eigenvalue weighted by Gasteiger charge is -2.19. The molecule has 2 rings (SSSR count). The number of hydrogen-bond donors (Lipinski definition) is 0. The second-order valence-corrected chi connectivity index (χ2v) is 5.41. The summed E-state index contributed by atoms with van der Waals surface area (Å²) in [7, 11) is 0. The van der Waals surface area contributed by atoms with Crippen molar-refractivity contribution in [2.75, 3.05) is 5.33 Å². The van der Waals surface area contributed by atoms with Crippen LogP contribution in [0.1, 0.15) is 38.5 Å². The van der Waals surface area contributed by atoms with Crippen molar-refractivity contribution in [1.82, 2.24) is 0 Å². The summed E-state index contributed by atoms with van der Waals surface area (Å²) in [6.45, 7) is 0. The fourth-order valence-corrected chi connectivity index (χ4v) is 3.38. The molecule has 3 atom stereocenters. The quantitative estimate of drug-likeness (QED) is 0.514. The van der Waals surface area contributed by atoms with Gasteiger partial charge in [0, 0.05) is 5.33 Å². The van der Waals surface area contributed by atoms with Gasteiger partial charge in [-0.2, -0.15) is 0 Å². The van der Waals surface area contributed by atoms with Crippen LogP contribution in [0.25, 0.3) is 0 Å². The smallest absolute Gasteiger partial charge is 0.00659 e. The lowest BCUT2D eigenvalue weighted by Crippen LogP contribution is -2.08. The highest BCUT2D eigenvalue weighted by Crippen LogP contribution is 2.49. The molecule has 1 heteroatoms. The lowest BCUT2D eigenvalue weighted by atomic mass is 9.86. The first-order valence-corrected chi connectivity index (χ1v) is 6.73. The molecular formula is C12H19Br. The number of allylic oxidation sites excluding steroid dienone is 2. The molecule has 2 saturated carbocycles. The lowest BCUT2D eigenvalue weighted by molar-refractivity contribution is 0.336. The Morgan fingerprint density at radius 2 is 2.08 bits per heavy atom. The van der Waals surface area contributed by atoms with Gasteiger partial charge >= 0.3 is 0 Å². The first kappa shape index (κ1) is 9.76. The average molecular weight is 243 g/mol. The Bertz CT molecular complexity index is 186. The Morgan fingerprint density at radius 3 is 2.69 bits per heavy atom. The summed E-state index contributed by atoms with van der Waals surface area (Å²) >= 11 is 3.44. The molecule has 0 aromatic carbocycles. The van der Waals surface area contributed by atoms with Crippen LogP contribution in [0.2, 0.25) is 0 Å². The Hall–Kier alpha value is 0.220. The van der Waals surface area contributed by atoms with Crippen LogP contribution in [-0.4, -0.2) is 5.33 Å². The van der Waals surface area contributed by atoms with Gasteiger partial charge in [0.25, 0.3) is 0 Å². The molecule has 2 bridgehead atoms. The molecule has 0 aromatic rings. The largest absolute Gasteiger partial charge is 0.0925 e. The summed E-state index contributed by atoms with van der Waals surface area (Å²) in [5.41, 5.74) is 0. The summed E-state index contributed by atoms with van der Waals surface area (Å²) in [5, 5.41) is 1.11. The second-order valence-electron chi connectivity index (χ2n) is 4.62. The van der Waals surface area contributed by atoms with Gasteiger partial charge in [0.1, 0.15) is 0 Å². The third-order valence-electron chi connectivity index (χ3n) is 3.77. The van der Waals surface area contributed by atoms with Crippen molar-refractivity contribution in [1.29, 1.82) is 0 Å². The molecule has 2 aliphatic carbocycles. The van der Waals surface area contributed by atoms with Gasteiger partial charge in [-0.25, -0.2) is 0 Å². The maximum atomic E-state index is 3.44. The van der Waals surface area contributed by atoms with Crippen molar-refractivity contribution in [3.05, 3.63) is 12.2 Å². The van der Waals surface area contributed by atoms with Gasteiger partial charge in [-0.3, -0.25) is 0 Å². The summed E-state index contributed by atoms with van der Waals surface area (Å²) in [4.78, 5) is 0. The van der Waals surface area contributed by atoms with E-state index in [2.05, 4.69) is 28.1 Å². The Balaban J connectivity index is 1.71. The minimum absolute atomic E-state index is 1.05. The zero-order chi connectivity index (χ0) is 9.10. The first-order valence-electron chi connectivity index (χ1n) is 5.61. The van der Waals surface area contributed by atoms with Gasteiger partial charge in [-0.05, 0) is 49.9 Å². The van der Waals surface area contributed by atoms with Crippen molar-refractivity contribution in [3.63, 3.8) is 0 Å². The summed E-state index contributed by atoms with van der Waals surface area (Å²) < 4.78 is 0. The van der Waals surface area contributed by atoms with Crippen molar-refractivity contribution in [3.8, 4) is 0 Å². The van der Waals surface area contributed by atoms with E-state index in [1.807, 2.05) is 0 Å². The van der Waals surface area contributed by atoms with E-state index in [-0.39, 0.29) is 0 Å². The van der Waals surface area contributed by atoms with Crippen molar-refractivity contribution in [2.24, 2.45) is 17.8 Å².